The summed E-state index contributed by atoms with van der Waals surface area (Å²) in [6.07, 6.45) is 3.23. The monoisotopic (exact) mass is 618 g/mol. The molecular formula is C34H43FN6O4. The van der Waals surface area contributed by atoms with Crippen LogP contribution in [0.15, 0.2) is 73.1 Å². The molecule has 240 valence electrons. The predicted octanol–water partition coefficient (Wildman–Crippen LogP) is 3.31. The highest BCUT2D eigenvalue weighted by molar-refractivity contribution is 5.99. The van der Waals surface area contributed by atoms with E-state index in [9.17, 15) is 23.6 Å². The average Bonchev–Trinajstić information content (AvgIpc) is 3.02. The lowest BCUT2D eigenvalue weighted by molar-refractivity contribution is -0.130. The SMILES string of the molecule is CCNC(=O)[C@@H](NC(=O)[C@H](C)NC[C@H](Cc1ccccc1)NC(=O)c1cncc(C(=O)NC(C)c2ccc(F)cc2)c1)C(C)C. The minimum absolute atomic E-state index is 0.101. The maximum Gasteiger partial charge on any atom is 0.253 e. The van der Waals surface area contributed by atoms with E-state index in [-0.39, 0.29) is 41.2 Å². The average molecular weight is 619 g/mol. The van der Waals surface area contributed by atoms with E-state index < -0.39 is 36.0 Å². The second kappa shape index (κ2) is 17.0. The summed E-state index contributed by atoms with van der Waals surface area (Å²) in [5, 5.41) is 14.6. The van der Waals surface area contributed by atoms with E-state index in [4.69, 9.17) is 0 Å². The van der Waals surface area contributed by atoms with Gasteiger partial charge in [0.1, 0.15) is 11.9 Å². The fraction of sp³-hybridized carbons (Fsp3) is 0.382. The molecule has 1 unspecified atom stereocenters. The zero-order valence-corrected chi connectivity index (χ0v) is 26.4. The van der Waals surface area contributed by atoms with Gasteiger partial charge in [-0.2, -0.15) is 0 Å². The first-order chi connectivity index (χ1) is 21.5. The Hall–Kier alpha value is -4.64. The zero-order chi connectivity index (χ0) is 32.9. The van der Waals surface area contributed by atoms with E-state index >= 15 is 0 Å². The Morgan fingerprint density at radius 2 is 1.42 bits per heavy atom. The van der Waals surface area contributed by atoms with Crippen molar-refractivity contribution in [2.24, 2.45) is 5.92 Å². The van der Waals surface area contributed by atoms with Gasteiger partial charge < -0.3 is 26.6 Å². The molecule has 0 saturated heterocycles. The molecule has 10 nitrogen and oxygen atoms in total. The number of nitrogens with zero attached hydrogens (tertiary/aromatic N) is 1. The number of carbonyl (C=O) groups excluding carboxylic acids is 4. The summed E-state index contributed by atoms with van der Waals surface area (Å²) < 4.78 is 13.3. The predicted molar refractivity (Wildman–Crippen MR) is 171 cm³/mol. The molecule has 1 aromatic heterocycles. The second-order valence-corrected chi connectivity index (χ2v) is 11.3. The van der Waals surface area contributed by atoms with Crippen LogP contribution in [0.4, 0.5) is 4.39 Å². The van der Waals surface area contributed by atoms with Crippen LogP contribution in [0, 0.1) is 11.7 Å². The van der Waals surface area contributed by atoms with E-state index in [0.29, 0.717) is 13.0 Å². The Morgan fingerprint density at radius 1 is 0.800 bits per heavy atom. The number of pyridine rings is 1. The van der Waals surface area contributed by atoms with Gasteiger partial charge in [-0.3, -0.25) is 24.2 Å². The van der Waals surface area contributed by atoms with Crippen molar-refractivity contribution in [1.29, 1.82) is 0 Å². The summed E-state index contributed by atoms with van der Waals surface area (Å²) in [6, 6.07) is 14.8. The molecule has 0 spiro atoms. The van der Waals surface area contributed by atoms with Gasteiger partial charge in [0, 0.05) is 31.5 Å². The van der Waals surface area contributed by atoms with E-state index in [1.165, 1.54) is 30.6 Å². The smallest absolute Gasteiger partial charge is 0.253 e. The fourth-order valence-corrected chi connectivity index (χ4v) is 4.65. The van der Waals surface area contributed by atoms with Crippen LogP contribution in [0.5, 0.6) is 0 Å². The fourth-order valence-electron chi connectivity index (χ4n) is 4.65. The molecular weight excluding hydrogens is 575 g/mol. The third kappa shape index (κ3) is 10.8. The van der Waals surface area contributed by atoms with Crippen molar-refractivity contribution in [2.75, 3.05) is 13.1 Å². The molecule has 0 aliphatic carbocycles. The van der Waals surface area contributed by atoms with Crippen LogP contribution >= 0.6 is 0 Å². The van der Waals surface area contributed by atoms with Crippen LogP contribution in [0.2, 0.25) is 0 Å². The van der Waals surface area contributed by atoms with Gasteiger partial charge in [-0.15, -0.1) is 0 Å². The number of amides is 4. The van der Waals surface area contributed by atoms with Gasteiger partial charge in [0.15, 0.2) is 0 Å². The molecule has 1 heterocycles. The molecule has 4 atom stereocenters. The van der Waals surface area contributed by atoms with Crippen LogP contribution in [-0.2, 0) is 16.0 Å². The lowest BCUT2D eigenvalue weighted by atomic mass is 10.0. The maximum absolute atomic E-state index is 13.4. The molecule has 2 aromatic carbocycles. The summed E-state index contributed by atoms with van der Waals surface area (Å²) >= 11 is 0. The number of nitrogens with one attached hydrogen (secondary N) is 5. The summed E-state index contributed by atoms with van der Waals surface area (Å²) in [7, 11) is 0. The summed E-state index contributed by atoms with van der Waals surface area (Å²) in [6.45, 7) is 9.74. The molecule has 0 aliphatic heterocycles. The topological polar surface area (TPSA) is 141 Å². The molecule has 0 aliphatic rings. The van der Waals surface area contributed by atoms with Crippen molar-refractivity contribution in [3.63, 3.8) is 0 Å². The Morgan fingerprint density at radius 3 is 2.02 bits per heavy atom. The van der Waals surface area contributed by atoms with Gasteiger partial charge in [0.2, 0.25) is 11.8 Å². The van der Waals surface area contributed by atoms with Crippen molar-refractivity contribution in [3.8, 4) is 0 Å². The summed E-state index contributed by atoms with van der Waals surface area (Å²) in [5.74, 6) is -1.90. The van der Waals surface area contributed by atoms with Gasteiger partial charge in [-0.05, 0) is 62.4 Å². The molecule has 4 amide bonds. The Balaban J connectivity index is 1.68. The Kier molecular flexibility index (Phi) is 13.2. The molecule has 45 heavy (non-hydrogen) atoms. The van der Waals surface area contributed by atoms with Gasteiger partial charge >= 0.3 is 0 Å². The van der Waals surface area contributed by atoms with Crippen LogP contribution < -0.4 is 26.6 Å². The Labute approximate surface area is 264 Å². The normalized spacial score (nSPS) is 13.7. The number of halogens is 1. The van der Waals surface area contributed by atoms with Crippen LogP contribution in [-0.4, -0.2) is 59.8 Å². The third-order valence-electron chi connectivity index (χ3n) is 7.30. The maximum atomic E-state index is 13.4. The van der Waals surface area contributed by atoms with Gasteiger partial charge in [-0.25, -0.2) is 4.39 Å². The van der Waals surface area contributed by atoms with Crippen LogP contribution in [0.3, 0.4) is 0 Å². The molecule has 3 aromatic rings. The van der Waals surface area contributed by atoms with Crippen molar-refractivity contribution in [3.05, 3.63) is 101 Å². The van der Waals surface area contributed by atoms with E-state index in [1.54, 1.807) is 26.0 Å². The minimum atomic E-state index is -0.669. The lowest BCUT2D eigenvalue weighted by Crippen LogP contribution is -2.55. The molecule has 0 fully saturated rings. The first-order valence-corrected chi connectivity index (χ1v) is 15.2. The number of benzene rings is 2. The van der Waals surface area contributed by atoms with E-state index in [1.807, 2.05) is 51.1 Å². The highest BCUT2D eigenvalue weighted by Crippen LogP contribution is 2.14. The minimum Gasteiger partial charge on any atom is -0.355 e. The van der Waals surface area contributed by atoms with Crippen molar-refractivity contribution in [1.82, 2.24) is 31.6 Å². The van der Waals surface area contributed by atoms with Gasteiger partial charge in [0.25, 0.3) is 11.8 Å². The van der Waals surface area contributed by atoms with Gasteiger partial charge in [0.05, 0.1) is 23.2 Å². The summed E-state index contributed by atoms with van der Waals surface area (Å²) in [4.78, 5) is 55.8. The number of likely N-dealkylation sites (N-methyl/N-ethyl adjacent to an activating group) is 1. The zero-order valence-electron chi connectivity index (χ0n) is 26.4. The van der Waals surface area contributed by atoms with Crippen molar-refractivity contribution < 1.29 is 23.6 Å². The first kappa shape index (κ1) is 34.8. The molecule has 0 radical (unpaired) electrons. The number of carbonyl (C=O) groups is 4. The molecule has 11 heteroatoms. The van der Waals surface area contributed by atoms with Crippen molar-refractivity contribution >= 4 is 23.6 Å². The van der Waals surface area contributed by atoms with Crippen LogP contribution in [0.25, 0.3) is 0 Å². The van der Waals surface area contributed by atoms with Crippen molar-refractivity contribution in [2.45, 2.75) is 65.2 Å². The van der Waals surface area contributed by atoms with Crippen LogP contribution in [0.1, 0.15) is 72.5 Å². The lowest BCUT2D eigenvalue weighted by Gasteiger charge is -2.25. The first-order valence-electron chi connectivity index (χ1n) is 15.2. The molecule has 3 rings (SSSR count). The summed E-state index contributed by atoms with van der Waals surface area (Å²) in [5.41, 5.74) is 2.11. The Bertz CT molecular complexity index is 1430. The highest BCUT2D eigenvalue weighted by Gasteiger charge is 2.26. The number of hydrogen-bond acceptors (Lipinski definition) is 6. The quantitative estimate of drug-likeness (QED) is 0.177. The number of rotatable bonds is 15. The van der Waals surface area contributed by atoms with E-state index in [2.05, 4.69) is 31.6 Å². The number of aromatic nitrogens is 1. The number of hydrogen-bond donors (Lipinski definition) is 5. The largest absolute Gasteiger partial charge is 0.355 e. The molecule has 5 N–H and O–H groups in total. The standard InChI is InChI=1S/C34H43FN6O4/c1-6-37-34(45)30(21(2)3)41-31(42)23(5)38-20-29(16-24-10-8-7-9-11-24)40-33(44)27-17-26(18-36-19-27)32(43)39-22(4)25-12-14-28(35)15-13-25/h7-15,17-19,21-23,29-30,38H,6,16,20H2,1-5H3,(H,37,45)(H,39,43)(H,40,44)(H,41,42)/t22?,23-,29-,30-/m0/s1. The highest BCUT2D eigenvalue weighted by atomic mass is 19.1. The second-order valence-electron chi connectivity index (χ2n) is 11.3. The molecule has 0 bridgehead atoms. The molecule has 0 saturated carbocycles. The third-order valence-corrected chi connectivity index (χ3v) is 7.30. The van der Waals surface area contributed by atoms with E-state index in [0.717, 1.165) is 11.1 Å². The van der Waals surface area contributed by atoms with Gasteiger partial charge in [-0.1, -0.05) is 56.3 Å².